The molecular weight excluding hydrogens is 817 g/mol. The van der Waals surface area contributed by atoms with E-state index in [0.29, 0.717) is 19.3 Å². The third kappa shape index (κ3) is 51.8. The number of carbonyl (C=O) groups excluding carboxylic acids is 3. The second-order valence-corrected chi connectivity index (χ2v) is 18.5. The smallest absolute Gasteiger partial charge is 0.306 e. The van der Waals surface area contributed by atoms with Gasteiger partial charge in [0.2, 0.25) is 0 Å². The molecule has 0 aromatic heterocycles. The molecule has 0 radical (unpaired) electrons. The Kier molecular flexibility index (Phi) is 51.9. The predicted molar refractivity (Wildman–Crippen MR) is 284 cm³/mol. The summed E-state index contributed by atoms with van der Waals surface area (Å²) >= 11 is 0. The molecule has 0 saturated carbocycles. The molecule has 66 heavy (non-hydrogen) atoms. The average Bonchev–Trinajstić information content (AvgIpc) is 3.31. The largest absolute Gasteiger partial charge is 0.462 e. The van der Waals surface area contributed by atoms with Gasteiger partial charge in [0.05, 0.1) is 0 Å². The first-order valence-electron chi connectivity index (χ1n) is 27.9. The molecule has 0 fully saturated rings. The van der Waals surface area contributed by atoms with E-state index in [0.717, 1.165) is 103 Å². The van der Waals surface area contributed by atoms with E-state index in [1.165, 1.54) is 122 Å². The van der Waals surface area contributed by atoms with E-state index in [-0.39, 0.29) is 37.5 Å². The Bertz CT molecular complexity index is 1240. The van der Waals surface area contributed by atoms with Gasteiger partial charge in [-0.15, -0.1) is 0 Å². The lowest BCUT2D eigenvalue weighted by atomic mass is 10.0. The van der Waals surface area contributed by atoms with E-state index in [9.17, 15) is 14.4 Å². The van der Waals surface area contributed by atoms with E-state index in [2.05, 4.69) is 93.7 Å². The molecule has 0 aliphatic carbocycles. The number of rotatable bonds is 50. The molecule has 0 rings (SSSR count). The van der Waals surface area contributed by atoms with Gasteiger partial charge in [-0.2, -0.15) is 0 Å². The SMILES string of the molecule is CC/C=C\C/C=C\C/C=C\C/C=C\CCCCC(=O)OC(COC(=O)CCCCCCC/C=C\C/C=C\CCCCC)COC(=O)CCCCCCCCCCCCCCCCCCCC. The first-order valence-corrected chi connectivity index (χ1v) is 27.9. The Labute approximate surface area is 408 Å². The summed E-state index contributed by atoms with van der Waals surface area (Å²) in [6.45, 7) is 6.47. The van der Waals surface area contributed by atoms with Crippen LogP contribution in [-0.4, -0.2) is 37.2 Å². The molecule has 0 saturated heterocycles. The zero-order chi connectivity index (χ0) is 47.9. The van der Waals surface area contributed by atoms with Crippen molar-refractivity contribution in [1.29, 1.82) is 0 Å². The van der Waals surface area contributed by atoms with Crippen LogP contribution in [0.3, 0.4) is 0 Å². The standard InChI is InChI=1S/C60H104O6/c1-4-7-10-13-16-19-22-25-28-29-30-33-35-38-41-44-47-50-53-59(62)65-56-57(66-60(63)54-51-48-45-42-39-36-32-27-24-21-18-15-12-9-6-3)55-64-58(61)52-49-46-43-40-37-34-31-26-23-20-17-14-11-8-5-2/h9,12,17-18,20-21,26-27,31-32,39,42,57H,4-8,10-11,13-16,19,22-25,28-30,33-38,40-41,43-56H2,1-3H3/b12-9-,20-17-,21-18-,31-26-,32-27-,42-39-. The van der Waals surface area contributed by atoms with Crippen molar-refractivity contribution in [3.63, 3.8) is 0 Å². The summed E-state index contributed by atoms with van der Waals surface area (Å²) in [6, 6.07) is 0. The van der Waals surface area contributed by atoms with Crippen LogP contribution in [0.5, 0.6) is 0 Å². The Balaban J connectivity index is 4.43. The maximum atomic E-state index is 12.8. The summed E-state index contributed by atoms with van der Waals surface area (Å²) < 4.78 is 16.8. The van der Waals surface area contributed by atoms with Crippen molar-refractivity contribution >= 4 is 17.9 Å². The fourth-order valence-corrected chi connectivity index (χ4v) is 7.76. The minimum atomic E-state index is -0.801. The monoisotopic (exact) mass is 921 g/mol. The van der Waals surface area contributed by atoms with Crippen LogP contribution in [-0.2, 0) is 28.6 Å². The lowest BCUT2D eigenvalue weighted by Gasteiger charge is -2.18. The Morgan fingerprint density at radius 3 is 0.985 bits per heavy atom. The summed E-state index contributed by atoms with van der Waals surface area (Å²) in [7, 11) is 0. The molecule has 1 atom stereocenters. The zero-order valence-corrected chi connectivity index (χ0v) is 43.4. The van der Waals surface area contributed by atoms with Gasteiger partial charge in [0.1, 0.15) is 13.2 Å². The van der Waals surface area contributed by atoms with Crippen LogP contribution in [0, 0.1) is 0 Å². The van der Waals surface area contributed by atoms with Gasteiger partial charge in [0.25, 0.3) is 0 Å². The number of ether oxygens (including phenoxy) is 3. The summed E-state index contributed by atoms with van der Waals surface area (Å²) in [5, 5.41) is 0. The van der Waals surface area contributed by atoms with Crippen molar-refractivity contribution in [3.05, 3.63) is 72.9 Å². The number of esters is 3. The van der Waals surface area contributed by atoms with Gasteiger partial charge in [0.15, 0.2) is 6.10 Å². The highest BCUT2D eigenvalue weighted by Crippen LogP contribution is 2.16. The molecule has 0 spiro atoms. The van der Waals surface area contributed by atoms with Crippen LogP contribution in [0.15, 0.2) is 72.9 Å². The van der Waals surface area contributed by atoms with Crippen molar-refractivity contribution < 1.29 is 28.6 Å². The quantitative estimate of drug-likeness (QED) is 0.0262. The Hall–Kier alpha value is -3.15. The number of hydrogen-bond acceptors (Lipinski definition) is 6. The summed E-state index contributed by atoms with van der Waals surface area (Å²) in [5.74, 6) is -0.943. The molecule has 0 aromatic rings. The van der Waals surface area contributed by atoms with E-state index < -0.39 is 6.10 Å². The van der Waals surface area contributed by atoms with Crippen molar-refractivity contribution in [2.45, 2.75) is 277 Å². The molecule has 0 aliphatic heterocycles. The molecular formula is C60H104O6. The summed E-state index contributed by atoms with van der Waals surface area (Å²) in [5.41, 5.74) is 0. The van der Waals surface area contributed by atoms with E-state index in [4.69, 9.17) is 14.2 Å². The highest BCUT2D eigenvalue weighted by molar-refractivity contribution is 5.71. The highest BCUT2D eigenvalue weighted by Gasteiger charge is 2.19. The minimum Gasteiger partial charge on any atom is -0.462 e. The van der Waals surface area contributed by atoms with Crippen LogP contribution in [0.4, 0.5) is 0 Å². The van der Waals surface area contributed by atoms with Gasteiger partial charge in [0, 0.05) is 19.3 Å². The molecule has 0 aromatic carbocycles. The van der Waals surface area contributed by atoms with E-state index in [1.54, 1.807) is 0 Å². The first kappa shape index (κ1) is 62.8. The molecule has 380 valence electrons. The molecule has 0 heterocycles. The first-order chi connectivity index (χ1) is 32.5. The van der Waals surface area contributed by atoms with E-state index >= 15 is 0 Å². The van der Waals surface area contributed by atoms with Crippen LogP contribution in [0.25, 0.3) is 0 Å². The second kappa shape index (κ2) is 54.5. The van der Waals surface area contributed by atoms with Gasteiger partial charge in [-0.05, 0) is 89.9 Å². The van der Waals surface area contributed by atoms with E-state index in [1.807, 2.05) is 0 Å². The Morgan fingerprint density at radius 1 is 0.318 bits per heavy atom. The topological polar surface area (TPSA) is 78.9 Å². The molecule has 0 bridgehead atoms. The van der Waals surface area contributed by atoms with Gasteiger partial charge in [-0.1, -0.05) is 235 Å². The lowest BCUT2D eigenvalue weighted by Crippen LogP contribution is -2.30. The summed E-state index contributed by atoms with van der Waals surface area (Å²) in [6.07, 6.45) is 68.9. The predicted octanol–water partition coefficient (Wildman–Crippen LogP) is 18.6. The molecule has 6 heteroatoms. The van der Waals surface area contributed by atoms with Crippen molar-refractivity contribution in [2.24, 2.45) is 0 Å². The maximum Gasteiger partial charge on any atom is 0.306 e. The van der Waals surface area contributed by atoms with Gasteiger partial charge in [-0.3, -0.25) is 14.4 Å². The van der Waals surface area contributed by atoms with Crippen molar-refractivity contribution in [2.75, 3.05) is 13.2 Å². The molecule has 0 amide bonds. The minimum absolute atomic E-state index is 0.0947. The molecule has 6 nitrogen and oxygen atoms in total. The lowest BCUT2D eigenvalue weighted by molar-refractivity contribution is -0.167. The van der Waals surface area contributed by atoms with Gasteiger partial charge < -0.3 is 14.2 Å². The summed E-state index contributed by atoms with van der Waals surface area (Å²) in [4.78, 5) is 38.1. The fourth-order valence-electron chi connectivity index (χ4n) is 7.76. The molecule has 1 unspecified atom stereocenters. The highest BCUT2D eigenvalue weighted by atomic mass is 16.6. The number of carbonyl (C=O) groups is 3. The third-order valence-electron chi connectivity index (χ3n) is 11.9. The molecule has 0 aliphatic rings. The maximum absolute atomic E-state index is 12.8. The van der Waals surface area contributed by atoms with Crippen LogP contribution >= 0.6 is 0 Å². The van der Waals surface area contributed by atoms with Crippen LogP contribution in [0.1, 0.15) is 271 Å². The number of hydrogen-bond donors (Lipinski definition) is 0. The third-order valence-corrected chi connectivity index (χ3v) is 11.9. The average molecular weight is 921 g/mol. The molecule has 0 N–H and O–H groups in total. The Morgan fingerprint density at radius 2 is 0.591 bits per heavy atom. The van der Waals surface area contributed by atoms with Gasteiger partial charge in [-0.25, -0.2) is 0 Å². The van der Waals surface area contributed by atoms with Crippen LogP contribution < -0.4 is 0 Å². The van der Waals surface area contributed by atoms with Gasteiger partial charge >= 0.3 is 17.9 Å². The number of allylic oxidation sites excluding steroid dienone is 12. The second-order valence-electron chi connectivity index (χ2n) is 18.5. The normalized spacial score (nSPS) is 12.6. The number of unbranched alkanes of at least 4 members (excludes halogenated alkanes) is 27. The zero-order valence-electron chi connectivity index (χ0n) is 43.4. The van der Waals surface area contributed by atoms with Crippen molar-refractivity contribution in [1.82, 2.24) is 0 Å². The fraction of sp³-hybridized carbons (Fsp3) is 0.750. The van der Waals surface area contributed by atoms with Crippen molar-refractivity contribution in [3.8, 4) is 0 Å². The van der Waals surface area contributed by atoms with Crippen LogP contribution in [0.2, 0.25) is 0 Å².